The van der Waals surface area contributed by atoms with Crippen molar-refractivity contribution in [3.05, 3.63) is 34.9 Å². The number of hydrogen-bond acceptors (Lipinski definition) is 0. The third-order valence-corrected chi connectivity index (χ3v) is 1.73. The van der Waals surface area contributed by atoms with Gasteiger partial charge in [0, 0.05) is 37.7 Å². The first-order chi connectivity index (χ1) is 6.60. The number of halogens is 6. The molecule has 92 valence electrons. The fraction of sp³-hybridized carbons (Fsp3) is 0.333. The molecule has 0 aliphatic carbocycles. The van der Waals surface area contributed by atoms with E-state index in [0.29, 0.717) is 12.1 Å². The summed E-state index contributed by atoms with van der Waals surface area (Å²) in [5.41, 5.74) is -2.64. The van der Waals surface area contributed by atoms with E-state index in [9.17, 15) is 26.3 Å². The maximum absolute atomic E-state index is 12.2. The summed E-state index contributed by atoms with van der Waals surface area (Å²) < 4.78 is 73.0. The summed E-state index contributed by atoms with van der Waals surface area (Å²) in [6.07, 6.45) is -9.52. The minimum atomic E-state index is -4.76. The molecule has 1 rings (SSSR count). The second-order valence-electron chi connectivity index (χ2n) is 3.08. The van der Waals surface area contributed by atoms with Crippen molar-refractivity contribution >= 4 is 0 Å². The Balaban J connectivity index is 0.00000225. The minimum Gasteiger partial charge on any atom is -0.166 e. The van der Waals surface area contributed by atoms with Gasteiger partial charge in [0.1, 0.15) is 0 Å². The molecule has 0 amide bonds. The van der Waals surface area contributed by atoms with E-state index in [4.69, 9.17) is 0 Å². The summed E-state index contributed by atoms with van der Waals surface area (Å²) in [7, 11) is 0. The fourth-order valence-corrected chi connectivity index (χ4v) is 1.11. The first kappa shape index (κ1) is 16.1. The van der Waals surface area contributed by atoms with Crippen LogP contribution in [0.4, 0.5) is 26.3 Å². The summed E-state index contributed by atoms with van der Waals surface area (Å²) in [6, 6.07) is 1.46. The molecule has 0 aromatic heterocycles. The van der Waals surface area contributed by atoms with Crippen LogP contribution in [0.2, 0.25) is 0 Å². The zero-order valence-electron chi connectivity index (χ0n) is 7.85. The SMILES string of the molecule is Cc1cc(C(F)(F)F)cc(C(F)(F)F)c1.[Ar]. The number of benzene rings is 1. The van der Waals surface area contributed by atoms with Crippen LogP contribution in [-0.4, -0.2) is 0 Å². The Kier molecular flexibility index (Phi) is 5.16. The van der Waals surface area contributed by atoms with Gasteiger partial charge >= 0.3 is 12.4 Å². The van der Waals surface area contributed by atoms with Crippen molar-refractivity contribution < 1.29 is 64.1 Å². The van der Waals surface area contributed by atoms with Crippen molar-refractivity contribution in [1.82, 2.24) is 0 Å². The monoisotopic (exact) mass is 268 g/mol. The normalized spacial score (nSPS) is 12.2. The Hall–Kier alpha value is 0.0597. The molecule has 0 aliphatic heterocycles. The molecule has 0 radical (unpaired) electrons. The van der Waals surface area contributed by atoms with Crippen LogP contribution in [0.15, 0.2) is 18.2 Å². The number of alkyl halides is 6. The molecule has 0 N–H and O–H groups in total. The molecule has 0 unspecified atom stereocenters. The van der Waals surface area contributed by atoms with Gasteiger partial charge in [-0.2, -0.15) is 26.3 Å². The summed E-state index contributed by atoms with van der Waals surface area (Å²) in [5, 5.41) is 0. The molecule has 16 heavy (non-hydrogen) atoms. The number of rotatable bonds is 0. The molecule has 0 aliphatic rings. The van der Waals surface area contributed by atoms with Crippen LogP contribution in [-0.2, 0) is 12.4 Å². The summed E-state index contributed by atoms with van der Waals surface area (Å²) in [5.74, 6) is 0. The van der Waals surface area contributed by atoms with Crippen LogP contribution < -0.4 is 0 Å². The topological polar surface area (TPSA) is 0 Å². The van der Waals surface area contributed by atoms with Gasteiger partial charge in [-0.3, -0.25) is 0 Å². The fourth-order valence-electron chi connectivity index (χ4n) is 1.11. The average molecular weight is 268 g/mol. The van der Waals surface area contributed by atoms with Crippen molar-refractivity contribution in [1.29, 1.82) is 0 Å². The molecule has 0 saturated heterocycles. The van der Waals surface area contributed by atoms with Gasteiger partial charge < -0.3 is 0 Å². The zero-order chi connectivity index (χ0) is 11.9. The van der Waals surface area contributed by atoms with Gasteiger partial charge in [-0.1, -0.05) is 0 Å². The van der Waals surface area contributed by atoms with Gasteiger partial charge in [-0.15, -0.1) is 0 Å². The van der Waals surface area contributed by atoms with Crippen molar-refractivity contribution in [2.24, 2.45) is 0 Å². The Morgan fingerprint density at radius 2 is 1.06 bits per heavy atom. The third kappa shape index (κ3) is 4.14. The predicted molar refractivity (Wildman–Crippen MR) is 41.2 cm³/mol. The van der Waals surface area contributed by atoms with E-state index >= 15 is 0 Å². The molecule has 1 aromatic rings. The van der Waals surface area contributed by atoms with Crippen LogP contribution in [0.25, 0.3) is 0 Å². The molecule has 0 heterocycles. The Labute approximate surface area is 118 Å². The van der Waals surface area contributed by atoms with E-state index in [0.717, 1.165) is 0 Å². The molecule has 0 saturated carbocycles. The molecule has 0 bridgehead atoms. The van der Waals surface area contributed by atoms with E-state index in [1.165, 1.54) is 6.92 Å². The molecule has 0 nitrogen and oxygen atoms in total. The second-order valence-corrected chi connectivity index (χ2v) is 3.08. The largest absolute Gasteiger partial charge is 0.416 e. The van der Waals surface area contributed by atoms with Gasteiger partial charge in [0.05, 0.1) is 11.1 Å². The van der Waals surface area contributed by atoms with E-state index in [-0.39, 0.29) is 49.4 Å². The van der Waals surface area contributed by atoms with Crippen LogP contribution in [0, 0.1) is 44.7 Å². The number of aryl methyl sites for hydroxylation is 1. The first-order valence-corrected chi connectivity index (χ1v) is 3.87. The Morgan fingerprint density at radius 3 is 1.31 bits per heavy atom. The van der Waals surface area contributed by atoms with Gasteiger partial charge in [0.15, 0.2) is 0 Å². The maximum Gasteiger partial charge on any atom is 0.416 e. The van der Waals surface area contributed by atoms with Crippen molar-refractivity contribution in [2.75, 3.05) is 0 Å². The Morgan fingerprint density at radius 1 is 0.750 bits per heavy atom. The van der Waals surface area contributed by atoms with Gasteiger partial charge in [-0.05, 0) is 30.7 Å². The van der Waals surface area contributed by atoms with Crippen LogP contribution in [0.1, 0.15) is 16.7 Å². The van der Waals surface area contributed by atoms with Gasteiger partial charge in [-0.25, -0.2) is 0 Å². The van der Waals surface area contributed by atoms with E-state index in [2.05, 4.69) is 0 Å². The van der Waals surface area contributed by atoms with Crippen molar-refractivity contribution in [2.45, 2.75) is 19.3 Å². The first-order valence-electron chi connectivity index (χ1n) is 3.87. The van der Waals surface area contributed by atoms with Gasteiger partial charge in [0.25, 0.3) is 0 Å². The second kappa shape index (κ2) is 5.14. The van der Waals surface area contributed by atoms with Crippen molar-refractivity contribution in [3.8, 4) is 0 Å². The molecule has 0 spiro atoms. The van der Waals surface area contributed by atoms with Crippen LogP contribution >= 0.6 is 0 Å². The van der Waals surface area contributed by atoms with Crippen molar-refractivity contribution in [3.63, 3.8) is 0 Å². The summed E-state index contributed by atoms with van der Waals surface area (Å²) >= 11 is 0. The zero-order valence-corrected chi connectivity index (χ0v) is 8.56. The van der Waals surface area contributed by atoms with Gasteiger partial charge in [0.2, 0.25) is 0 Å². The van der Waals surface area contributed by atoms with E-state index in [1.807, 2.05) is 0 Å². The number of hydrogen-bond donors (Lipinski definition) is 0. The minimum absolute atomic E-state index is 0. The Bertz CT molecular complexity index is 333. The molecule has 7 heteroatoms. The van der Waals surface area contributed by atoms with E-state index in [1.54, 1.807) is 0 Å². The molecule has 0 fully saturated rings. The quantitative estimate of drug-likeness (QED) is 0.623. The standard InChI is InChI=1S/C9H6F6.Ar/c1-5-2-6(8(10,11)12)4-7(3-5)9(13,14)15;/h2-4H,1H3;. The predicted octanol–water partition coefficient (Wildman–Crippen LogP) is 4.03. The van der Waals surface area contributed by atoms with Crippen LogP contribution in [0.3, 0.4) is 0 Å². The molecule has 1 aromatic carbocycles. The summed E-state index contributed by atoms with van der Waals surface area (Å²) in [4.78, 5) is 0. The van der Waals surface area contributed by atoms with Crippen LogP contribution in [0.5, 0.6) is 0 Å². The third-order valence-electron chi connectivity index (χ3n) is 1.73. The molecular formula is C9H6ArF6. The summed E-state index contributed by atoms with van der Waals surface area (Å²) in [6.45, 7) is 1.18. The van der Waals surface area contributed by atoms with E-state index < -0.39 is 23.5 Å². The molecule has 0 atom stereocenters. The molecular weight excluding hydrogens is 262 g/mol. The smallest absolute Gasteiger partial charge is 0.166 e. The maximum atomic E-state index is 12.2. The average Bonchev–Trinajstić information content (AvgIpc) is 1.99.